The first-order valence-corrected chi connectivity index (χ1v) is 9.06. The average molecular weight is 386 g/mol. The Balaban J connectivity index is 1.53. The molecule has 148 valence electrons. The molecule has 4 rings (SSSR count). The molecule has 2 bridgehead atoms. The van der Waals surface area contributed by atoms with Gasteiger partial charge in [0.1, 0.15) is 23.7 Å². The highest BCUT2D eigenvalue weighted by Crippen LogP contribution is 2.34. The van der Waals surface area contributed by atoms with Crippen LogP contribution < -0.4 is 9.47 Å². The molecule has 0 spiro atoms. The van der Waals surface area contributed by atoms with Gasteiger partial charge in [-0.25, -0.2) is 4.79 Å². The Labute approximate surface area is 163 Å². The van der Waals surface area contributed by atoms with E-state index in [1.165, 1.54) is 0 Å². The van der Waals surface area contributed by atoms with Gasteiger partial charge in [-0.3, -0.25) is 0 Å². The monoisotopic (exact) mass is 386 g/mol. The third kappa shape index (κ3) is 3.69. The molecule has 2 saturated heterocycles. The summed E-state index contributed by atoms with van der Waals surface area (Å²) in [6.45, 7) is 0.338. The Morgan fingerprint density at radius 2 is 1.64 bits per heavy atom. The quantitative estimate of drug-likeness (QED) is 0.706. The maximum Gasteiger partial charge on any atom is 0.338 e. The van der Waals surface area contributed by atoms with Crippen molar-refractivity contribution in [2.75, 3.05) is 20.8 Å². The van der Waals surface area contributed by atoms with E-state index < -0.39 is 30.6 Å². The number of methoxy groups -OCH3 is 2. The highest BCUT2D eigenvalue weighted by molar-refractivity contribution is 5.89. The maximum absolute atomic E-state index is 12.5. The number of fused-ring (bicyclic) bond motifs is 2. The molecule has 2 aliphatic rings. The number of benzene rings is 2. The second-order valence-corrected chi connectivity index (χ2v) is 6.57. The van der Waals surface area contributed by atoms with E-state index in [1.54, 1.807) is 50.6 Å². The topological polar surface area (TPSA) is 72.5 Å². The third-order valence-electron chi connectivity index (χ3n) is 4.87. The van der Waals surface area contributed by atoms with Crippen LogP contribution in [0.5, 0.6) is 11.5 Å². The van der Waals surface area contributed by atoms with E-state index in [1.807, 2.05) is 18.2 Å². The molecule has 0 aliphatic carbocycles. The van der Waals surface area contributed by atoms with Crippen LogP contribution in [0, 0.1) is 0 Å². The molecule has 7 nitrogen and oxygen atoms in total. The van der Waals surface area contributed by atoms with Crippen LogP contribution in [0.3, 0.4) is 0 Å². The van der Waals surface area contributed by atoms with Crippen LogP contribution in [-0.2, 0) is 18.9 Å². The fourth-order valence-electron chi connectivity index (χ4n) is 3.45. The lowest BCUT2D eigenvalue weighted by atomic mass is 10.00. The van der Waals surface area contributed by atoms with E-state index in [-0.39, 0.29) is 6.10 Å². The minimum atomic E-state index is -0.750. The van der Waals surface area contributed by atoms with Crippen molar-refractivity contribution in [1.29, 1.82) is 0 Å². The number of carbonyl (C=O) groups is 1. The number of ether oxygens (including phenoxy) is 6. The molecule has 0 unspecified atom stereocenters. The fourth-order valence-corrected chi connectivity index (χ4v) is 3.45. The second kappa shape index (κ2) is 8.18. The van der Waals surface area contributed by atoms with Gasteiger partial charge in [-0.15, -0.1) is 0 Å². The zero-order valence-corrected chi connectivity index (χ0v) is 15.6. The number of carbonyl (C=O) groups excluding carboxylic acids is 1. The normalized spacial score (nSPS) is 28.6. The van der Waals surface area contributed by atoms with Gasteiger partial charge in [-0.05, 0) is 36.4 Å². The van der Waals surface area contributed by atoms with Gasteiger partial charge < -0.3 is 28.4 Å². The SMILES string of the molecule is COc1ccc(O[C@H]2[C@H](OC)[C@H](OC(=O)c3ccccc3)[C@@H]3OC[C@H]2O3)cc1. The zero-order chi connectivity index (χ0) is 19.5. The molecule has 2 fully saturated rings. The van der Waals surface area contributed by atoms with Crippen molar-refractivity contribution in [2.24, 2.45) is 0 Å². The summed E-state index contributed by atoms with van der Waals surface area (Å²) in [5.41, 5.74) is 0.449. The molecule has 0 radical (unpaired) electrons. The average Bonchev–Trinajstić information content (AvgIpc) is 3.18. The predicted molar refractivity (Wildman–Crippen MR) is 98.5 cm³/mol. The van der Waals surface area contributed by atoms with Crippen LogP contribution >= 0.6 is 0 Å². The Kier molecular flexibility index (Phi) is 5.47. The summed E-state index contributed by atoms with van der Waals surface area (Å²) in [6.07, 6.45) is -2.78. The van der Waals surface area contributed by atoms with E-state index in [9.17, 15) is 4.79 Å². The summed E-state index contributed by atoms with van der Waals surface area (Å²) < 4.78 is 34.2. The molecule has 2 aromatic carbocycles. The first-order valence-electron chi connectivity index (χ1n) is 9.06. The van der Waals surface area contributed by atoms with Gasteiger partial charge in [0.2, 0.25) is 0 Å². The third-order valence-corrected chi connectivity index (χ3v) is 4.87. The number of rotatable bonds is 6. The molecule has 28 heavy (non-hydrogen) atoms. The molecular weight excluding hydrogens is 364 g/mol. The van der Waals surface area contributed by atoms with E-state index in [4.69, 9.17) is 28.4 Å². The summed E-state index contributed by atoms with van der Waals surface area (Å²) in [6, 6.07) is 16.0. The van der Waals surface area contributed by atoms with Gasteiger partial charge >= 0.3 is 5.97 Å². The lowest BCUT2D eigenvalue weighted by Crippen LogP contribution is -2.58. The molecule has 0 saturated carbocycles. The predicted octanol–water partition coefficient (Wildman–Crippen LogP) is 2.44. The zero-order valence-electron chi connectivity index (χ0n) is 15.6. The molecular formula is C21H22O7. The van der Waals surface area contributed by atoms with Crippen LogP contribution in [0.25, 0.3) is 0 Å². The van der Waals surface area contributed by atoms with Gasteiger partial charge in [0, 0.05) is 7.11 Å². The van der Waals surface area contributed by atoms with Gasteiger partial charge in [0.25, 0.3) is 0 Å². The first-order chi connectivity index (χ1) is 13.7. The largest absolute Gasteiger partial charge is 0.497 e. The number of hydrogen-bond donors (Lipinski definition) is 0. The van der Waals surface area contributed by atoms with Crippen LogP contribution in [0.2, 0.25) is 0 Å². The lowest BCUT2D eigenvalue weighted by molar-refractivity contribution is -0.229. The summed E-state index contributed by atoms with van der Waals surface area (Å²) in [5.74, 6) is 0.901. The Morgan fingerprint density at radius 1 is 0.929 bits per heavy atom. The minimum absolute atomic E-state index is 0.316. The molecule has 0 amide bonds. The lowest BCUT2D eigenvalue weighted by Gasteiger charge is -2.39. The Hall–Kier alpha value is -2.61. The number of hydrogen-bond acceptors (Lipinski definition) is 7. The van der Waals surface area contributed by atoms with Crippen molar-refractivity contribution in [3.05, 3.63) is 60.2 Å². The van der Waals surface area contributed by atoms with Crippen molar-refractivity contribution in [3.63, 3.8) is 0 Å². The molecule has 2 aliphatic heterocycles. The second-order valence-electron chi connectivity index (χ2n) is 6.57. The van der Waals surface area contributed by atoms with Gasteiger partial charge in [-0.1, -0.05) is 18.2 Å². The van der Waals surface area contributed by atoms with Gasteiger partial charge in [0.15, 0.2) is 18.5 Å². The molecule has 2 heterocycles. The summed E-state index contributed by atoms with van der Waals surface area (Å²) in [7, 11) is 3.16. The highest BCUT2D eigenvalue weighted by Gasteiger charge is 2.54. The van der Waals surface area contributed by atoms with Crippen molar-refractivity contribution in [3.8, 4) is 11.5 Å². The van der Waals surface area contributed by atoms with Crippen molar-refractivity contribution < 1.29 is 33.2 Å². The molecule has 0 N–H and O–H groups in total. The minimum Gasteiger partial charge on any atom is -0.497 e. The molecule has 5 atom stereocenters. The maximum atomic E-state index is 12.5. The summed E-state index contributed by atoms with van der Waals surface area (Å²) in [5, 5.41) is 0. The van der Waals surface area contributed by atoms with Crippen LogP contribution in [-0.4, -0.2) is 57.5 Å². The van der Waals surface area contributed by atoms with Crippen LogP contribution in [0.4, 0.5) is 0 Å². The van der Waals surface area contributed by atoms with E-state index in [0.29, 0.717) is 17.9 Å². The van der Waals surface area contributed by atoms with E-state index >= 15 is 0 Å². The fraction of sp³-hybridized carbons (Fsp3) is 0.381. The van der Waals surface area contributed by atoms with E-state index in [0.717, 1.165) is 5.75 Å². The molecule has 2 aromatic rings. The van der Waals surface area contributed by atoms with Gasteiger partial charge in [-0.2, -0.15) is 0 Å². The number of esters is 1. The summed E-state index contributed by atoms with van der Waals surface area (Å²) >= 11 is 0. The smallest absolute Gasteiger partial charge is 0.338 e. The molecule has 7 heteroatoms. The summed E-state index contributed by atoms with van der Waals surface area (Å²) in [4.78, 5) is 12.5. The van der Waals surface area contributed by atoms with Crippen LogP contribution in [0.15, 0.2) is 54.6 Å². The van der Waals surface area contributed by atoms with Gasteiger partial charge in [0.05, 0.1) is 19.3 Å². The first kappa shape index (κ1) is 18.7. The standard InChI is InChI=1S/C21H22O7/c1-23-14-8-10-15(11-9-14)26-17-16-12-25-21(27-16)19(18(17)24-2)28-20(22)13-6-4-3-5-7-13/h3-11,16-19,21H,12H2,1-2H3/t16-,17-,18+,19+,21-/m1/s1. The van der Waals surface area contributed by atoms with Crippen molar-refractivity contribution in [1.82, 2.24) is 0 Å². The van der Waals surface area contributed by atoms with Crippen LogP contribution in [0.1, 0.15) is 10.4 Å². The Bertz CT molecular complexity index is 792. The Morgan fingerprint density at radius 3 is 2.32 bits per heavy atom. The highest BCUT2D eigenvalue weighted by atomic mass is 16.8. The molecule has 0 aromatic heterocycles. The van der Waals surface area contributed by atoms with E-state index in [2.05, 4.69) is 0 Å². The van der Waals surface area contributed by atoms with Crippen molar-refractivity contribution >= 4 is 5.97 Å². The van der Waals surface area contributed by atoms with Crippen molar-refractivity contribution in [2.45, 2.75) is 30.7 Å².